The van der Waals surface area contributed by atoms with Gasteiger partial charge in [-0.3, -0.25) is 4.79 Å². The van der Waals surface area contributed by atoms with E-state index in [-0.39, 0.29) is 29.2 Å². The van der Waals surface area contributed by atoms with Crippen LogP contribution in [0, 0.1) is 30.5 Å². The Kier molecular flexibility index (Phi) is 9.41. The molecule has 1 saturated carbocycles. The molecule has 2 aromatic carbocycles. The fourth-order valence-electron chi connectivity index (χ4n) is 8.50. The molecule has 6 rings (SSSR count). The van der Waals surface area contributed by atoms with Gasteiger partial charge in [-0.15, -0.1) is 0 Å². The Hall–Kier alpha value is -3.19. The number of anilines is 1. The van der Waals surface area contributed by atoms with Crippen LogP contribution in [0.3, 0.4) is 0 Å². The molecule has 3 atom stereocenters. The summed E-state index contributed by atoms with van der Waals surface area (Å²) < 4.78 is 23.5. The summed E-state index contributed by atoms with van der Waals surface area (Å²) in [4.78, 5) is 22.4. The summed E-state index contributed by atoms with van der Waals surface area (Å²) in [6, 6.07) is 16.2. The Morgan fingerprint density at radius 2 is 1.82 bits per heavy atom. The number of hydrogen-bond acceptors (Lipinski definition) is 5. The fraction of sp³-hybridized carbons (Fsp3) is 0.568. The van der Waals surface area contributed by atoms with Gasteiger partial charge in [-0.1, -0.05) is 43.7 Å². The molecular formula is C37H49FN4O2. The van der Waals surface area contributed by atoms with Crippen molar-refractivity contribution in [3.05, 3.63) is 83.7 Å². The Morgan fingerprint density at radius 1 is 1.05 bits per heavy atom. The highest BCUT2D eigenvalue weighted by molar-refractivity contribution is 5.69. The number of aromatic nitrogens is 2. The van der Waals surface area contributed by atoms with Crippen LogP contribution < -0.4 is 4.90 Å². The van der Waals surface area contributed by atoms with Gasteiger partial charge in [0.25, 0.3) is 0 Å². The van der Waals surface area contributed by atoms with Crippen LogP contribution in [0.2, 0.25) is 0 Å². The molecule has 3 fully saturated rings. The molecule has 0 spiro atoms. The van der Waals surface area contributed by atoms with E-state index in [1.54, 1.807) is 12.1 Å². The van der Waals surface area contributed by atoms with Crippen molar-refractivity contribution in [3.63, 3.8) is 0 Å². The second kappa shape index (κ2) is 13.4. The molecule has 0 radical (unpaired) electrons. The van der Waals surface area contributed by atoms with Gasteiger partial charge in [0, 0.05) is 74.4 Å². The van der Waals surface area contributed by atoms with Crippen molar-refractivity contribution in [1.29, 1.82) is 0 Å². The molecule has 1 aliphatic carbocycles. The molecule has 0 unspecified atom stereocenters. The highest BCUT2D eigenvalue weighted by Gasteiger charge is 2.53. The number of halogens is 1. The van der Waals surface area contributed by atoms with Gasteiger partial charge < -0.3 is 19.1 Å². The van der Waals surface area contributed by atoms with Crippen molar-refractivity contribution in [3.8, 4) is 0 Å². The van der Waals surface area contributed by atoms with Crippen LogP contribution in [0.25, 0.3) is 0 Å². The molecule has 0 amide bonds. The summed E-state index contributed by atoms with van der Waals surface area (Å²) in [6.07, 6.45) is 9.99. The quantitative estimate of drug-likeness (QED) is 0.227. The maximum Gasteiger partial charge on any atom is 0.305 e. The van der Waals surface area contributed by atoms with E-state index < -0.39 is 0 Å². The standard InChI is InChI=1S/C37H49FN4O2/c1-4-35-39-18-21-41(35)26-37(30-8-6-9-31(38)22-30,33-10-7-11-34(33)44-36(43)5-2)29-16-19-40(20-17-29)23-28-24-42(25-28)32-14-12-27(3)13-15-32/h6,8-9,12-15,18,21-22,28-29,33-34H,4-5,7,10-11,16-17,19-20,23-26H2,1-3H3/t33-,34-,37-/m0/s1. The number of carbonyl (C=O) groups is 1. The molecule has 44 heavy (non-hydrogen) atoms. The Labute approximate surface area is 262 Å². The zero-order chi connectivity index (χ0) is 30.7. The first-order valence-electron chi connectivity index (χ1n) is 16.9. The third-order valence-electron chi connectivity index (χ3n) is 10.8. The van der Waals surface area contributed by atoms with E-state index in [9.17, 15) is 4.79 Å². The lowest BCUT2D eigenvalue weighted by atomic mass is 9.58. The lowest BCUT2D eigenvalue weighted by molar-refractivity contribution is -0.152. The number of likely N-dealkylation sites (tertiary alicyclic amines) is 1. The van der Waals surface area contributed by atoms with Gasteiger partial charge in [-0.2, -0.15) is 0 Å². The molecule has 236 valence electrons. The molecule has 7 heteroatoms. The normalized spacial score (nSPS) is 23.0. The second-order valence-electron chi connectivity index (χ2n) is 13.5. The number of esters is 1. The average Bonchev–Trinajstić information content (AvgIpc) is 3.67. The van der Waals surface area contributed by atoms with Crippen LogP contribution in [0.4, 0.5) is 10.1 Å². The summed E-state index contributed by atoms with van der Waals surface area (Å²) >= 11 is 0. The first-order chi connectivity index (χ1) is 21.4. The molecule has 0 N–H and O–H groups in total. The van der Waals surface area contributed by atoms with E-state index in [2.05, 4.69) is 69.7 Å². The maximum atomic E-state index is 15.0. The van der Waals surface area contributed by atoms with Crippen LogP contribution in [0.1, 0.15) is 69.3 Å². The minimum absolute atomic E-state index is 0.123. The van der Waals surface area contributed by atoms with Crippen molar-refractivity contribution in [1.82, 2.24) is 14.5 Å². The first kappa shape index (κ1) is 30.8. The summed E-state index contributed by atoms with van der Waals surface area (Å²) in [5.41, 5.74) is 3.30. The van der Waals surface area contributed by atoms with E-state index in [0.29, 0.717) is 18.3 Å². The van der Waals surface area contributed by atoms with Crippen LogP contribution in [0.5, 0.6) is 0 Å². The van der Waals surface area contributed by atoms with E-state index in [0.717, 1.165) is 89.2 Å². The van der Waals surface area contributed by atoms with Crippen molar-refractivity contribution in [2.45, 2.75) is 83.8 Å². The molecule has 2 aliphatic heterocycles. The summed E-state index contributed by atoms with van der Waals surface area (Å²) in [5, 5.41) is 0. The molecule has 2 saturated heterocycles. The van der Waals surface area contributed by atoms with Crippen molar-refractivity contribution in [2.24, 2.45) is 17.8 Å². The van der Waals surface area contributed by atoms with Gasteiger partial charge in [-0.25, -0.2) is 9.37 Å². The van der Waals surface area contributed by atoms with E-state index in [4.69, 9.17) is 4.74 Å². The Morgan fingerprint density at radius 3 is 2.52 bits per heavy atom. The zero-order valence-corrected chi connectivity index (χ0v) is 26.8. The maximum absolute atomic E-state index is 15.0. The first-order valence-corrected chi connectivity index (χ1v) is 16.9. The lowest BCUT2D eigenvalue weighted by Gasteiger charge is -2.51. The molecule has 3 aliphatic rings. The molecule has 6 nitrogen and oxygen atoms in total. The number of benzene rings is 2. The third kappa shape index (κ3) is 6.30. The fourth-order valence-corrected chi connectivity index (χ4v) is 8.50. The van der Waals surface area contributed by atoms with E-state index in [1.165, 1.54) is 11.3 Å². The summed E-state index contributed by atoms with van der Waals surface area (Å²) in [5.74, 6) is 1.86. The topological polar surface area (TPSA) is 50.6 Å². The van der Waals surface area contributed by atoms with Crippen molar-refractivity contribution in [2.75, 3.05) is 37.6 Å². The molecule has 1 aromatic heterocycles. The number of imidazole rings is 1. The largest absolute Gasteiger partial charge is 0.462 e. The monoisotopic (exact) mass is 600 g/mol. The van der Waals surface area contributed by atoms with Gasteiger partial charge in [0.1, 0.15) is 17.7 Å². The smallest absolute Gasteiger partial charge is 0.305 e. The second-order valence-corrected chi connectivity index (χ2v) is 13.5. The number of nitrogens with zero attached hydrogens (tertiary/aromatic N) is 4. The lowest BCUT2D eigenvalue weighted by Crippen LogP contribution is -2.55. The van der Waals surface area contributed by atoms with Gasteiger partial charge >= 0.3 is 5.97 Å². The summed E-state index contributed by atoms with van der Waals surface area (Å²) in [7, 11) is 0. The number of aryl methyl sites for hydroxylation is 2. The predicted octanol–water partition coefficient (Wildman–Crippen LogP) is 6.80. The zero-order valence-electron chi connectivity index (χ0n) is 26.8. The Balaban J connectivity index is 1.25. The van der Waals surface area contributed by atoms with Gasteiger partial charge in [-0.05, 0) is 87.9 Å². The highest BCUT2D eigenvalue weighted by atomic mass is 19.1. The van der Waals surface area contributed by atoms with E-state index >= 15 is 4.39 Å². The van der Waals surface area contributed by atoms with Gasteiger partial charge in [0.15, 0.2) is 0 Å². The number of ether oxygens (including phenoxy) is 1. The SMILES string of the molecule is CCC(=O)O[C@H]1CCC[C@@H]1[C@](Cn1ccnc1CC)(c1cccc(F)c1)C1CCN(CC2CN(c3ccc(C)cc3)C2)CC1. The minimum atomic E-state index is -0.368. The average molecular weight is 601 g/mol. The third-order valence-corrected chi connectivity index (χ3v) is 10.8. The molecule has 0 bridgehead atoms. The molecule has 3 heterocycles. The number of rotatable bonds is 11. The Bertz CT molecular complexity index is 1390. The minimum Gasteiger partial charge on any atom is -0.462 e. The van der Waals surface area contributed by atoms with Crippen LogP contribution in [0.15, 0.2) is 60.9 Å². The number of piperidine rings is 1. The summed E-state index contributed by atoms with van der Waals surface area (Å²) in [6.45, 7) is 12.3. The number of carbonyl (C=O) groups excluding carboxylic acids is 1. The van der Waals surface area contributed by atoms with Crippen molar-refractivity contribution >= 4 is 11.7 Å². The predicted molar refractivity (Wildman–Crippen MR) is 173 cm³/mol. The van der Waals surface area contributed by atoms with Crippen LogP contribution in [-0.4, -0.2) is 59.2 Å². The van der Waals surface area contributed by atoms with Crippen molar-refractivity contribution < 1.29 is 13.9 Å². The van der Waals surface area contributed by atoms with Gasteiger partial charge in [0.2, 0.25) is 0 Å². The van der Waals surface area contributed by atoms with Gasteiger partial charge in [0.05, 0.1) is 0 Å². The van der Waals surface area contributed by atoms with Crippen LogP contribution in [-0.2, 0) is 27.9 Å². The highest BCUT2D eigenvalue weighted by Crippen LogP contribution is 2.52. The van der Waals surface area contributed by atoms with E-state index in [1.807, 2.05) is 19.2 Å². The molecule has 3 aromatic rings. The number of hydrogen-bond donors (Lipinski definition) is 0. The molecular weight excluding hydrogens is 551 g/mol. The van der Waals surface area contributed by atoms with Crippen LogP contribution >= 0.6 is 0 Å².